The lowest BCUT2D eigenvalue weighted by atomic mass is 10.2. The third-order valence-electron chi connectivity index (χ3n) is 1.63. The smallest absolute Gasteiger partial charge is 0.00756 e. The predicted molar refractivity (Wildman–Crippen MR) is 38.1 cm³/mol. The van der Waals surface area contributed by atoms with Gasteiger partial charge in [-0.15, -0.1) is 0 Å². The van der Waals surface area contributed by atoms with Gasteiger partial charge in [0.15, 0.2) is 0 Å². The van der Waals surface area contributed by atoms with Crippen LogP contribution >= 0.6 is 12.6 Å². The summed E-state index contributed by atoms with van der Waals surface area (Å²) in [6.07, 6.45) is 3.88. The molecular weight excluding hydrogens is 118 g/mol. The Morgan fingerprint density at radius 2 is 2.50 bits per heavy atom. The van der Waals surface area contributed by atoms with Crippen molar-refractivity contribution in [2.24, 2.45) is 0 Å². The minimum Gasteiger partial charge on any atom is -0.314 e. The van der Waals surface area contributed by atoms with Gasteiger partial charge in [0, 0.05) is 11.8 Å². The summed E-state index contributed by atoms with van der Waals surface area (Å²) in [7, 11) is 0. The Hall–Kier alpha value is 0.310. The highest BCUT2D eigenvalue weighted by atomic mass is 32.1. The molecule has 47 valence electrons. The second-order valence-electron chi connectivity index (χ2n) is 2.29. The van der Waals surface area contributed by atoms with E-state index in [1.54, 1.807) is 0 Å². The number of hydrogen-bond donors (Lipinski definition) is 1. The maximum Gasteiger partial charge on any atom is 0.00756 e. The highest BCUT2D eigenvalue weighted by Gasteiger charge is 2.11. The van der Waals surface area contributed by atoms with Crippen LogP contribution in [0, 0.1) is 0 Å². The molecule has 0 aromatic heterocycles. The van der Waals surface area contributed by atoms with Gasteiger partial charge < -0.3 is 5.32 Å². The summed E-state index contributed by atoms with van der Waals surface area (Å²) < 4.78 is 0. The summed E-state index contributed by atoms with van der Waals surface area (Å²) in [6.45, 7) is 1.21. The largest absolute Gasteiger partial charge is 0.314 e. The second kappa shape index (κ2) is 3.36. The maximum atomic E-state index is 4.85. The Bertz CT molecular complexity index is 59.5. The minimum atomic E-state index is 0.757. The molecule has 8 heavy (non-hydrogen) atoms. The van der Waals surface area contributed by atoms with E-state index in [0.717, 1.165) is 11.8 Å². The van der Waals surface area contributed by atoms with Crippen molar-refractivity contribution in [1.29, 1.82) is 0 Å². The Kier molecular flexibility index (Phi) is 2.70. The fourth-order valence-corrected chi connectivity index (χ4v) is 1.43. The third kappa shape index (κ3) is 1.67. The van der Waals surface area contributed by atoms with Crippen LogP contribution in [0.3, 0.4) is 0 Å². The molecule has 1 aliphatic rings. The molecule has 1 nitrogen and oxygen atoms in total. The molecule has 0 aliphatic carbocycles. The van der Waals surface area contributed by atoms with Crippen molar-refractivity contribution in [3.05, 3.63) is 0 Å². The zero-order valence-electron chi connectivity index (χ0n) is 5.02. The van der Waals surface area contributed by atoms with Gasteiger partial charge in [-0.25, -0.2) is 0 Å². The van der Waals surface area contributed by atoms with E-state index >= 15 is 0 Å². The van der Waals surface area contributed by atoms with Crippen LogP contribution in [-0.2, 0) is 0 Å². The average Bonchev–Trinajstić information content (AvgIpc) is 2.19. The van der Waals surface area contributed by atoms with Crippen molar-refractivity contribution in [2.75, 3.05) is 12.3 Å². The van der Waals surface area contributed by atoms with Crippen LogP contribution in [0.4, 0.5) is 0 Å². The Balaban J connectivity index is 2.06. The van der Waals surface area contributed by atoms with E-state index in [-0.39, 0.29) is 0 Å². The van der Waals surface area contributed by atoms with E-state index in [2.05, 4.69) is 5.32 Å². The van der Waals surface area contributed by atoms with E-state index < -0.39 is 0 Å². The first kappa shape index (κ1) is 6.43. The van der Waals surface area contributed by atoms with Gasteiger partial charge in [-0.2, -0.15) is 0 Å². The van der Waals surface area contributed by atoms with Gasteiger partial charge >= 0.3 is 0 Å². The molecule has 0 aromatic rings. The minimum absolute atomic E-state index is 0.757. The lowest BCUT2D eigenvalue weighted by molar-refractivity contribution is 0.593. The quantitative estimate of drug-likeness (QED) is 0.594. The molecule has 1 unspecified atom stereocenters. The molecule has 1 aliphatic heterocycles. The van der Waals surface area contributed by atoms with Gasteiger partial charge in [0.2, 0.25) is 0 Å². The molecular formula is C6H12NS. The number of hydrogen-bond acceptors (Lipinski definition) is 1. The van der Waals surface area contributed by atoms with Crippen LogP contribution in [0.1, 0.15) is 19.3 Å². The standard InChI is InChI=1S/C6H12NS/c8-5-3-6-2-1-4-7-6/h6-7H,1-5H2. The lowest BCUT2D eigenvalue weighted by Crippen LogP contribution is -2.21. The normalized spacial score (nSPS) is 28.9. The molecule has 1 N–H and O–H groups in total. The summed E-state index contributed by atoms with van der Waals surface area (Å²) in [6, 6.07) is 0.757. The first-order valence-corrected chi connectivity index (χ1v) is 3.82. The fraction of sp³-hybridized carbons (Fsp3) is 1.00. The van der Waals surface area contributed by atoms with Crippen LogP contribution in [0.15, 0.2) is 0 Å². The van der Waals surface area contributed by atoms with Gasteiger partial charge in [-0.05, 0) is 25.8 Å². The maximum absolute atomic E-state index is 4.85. The van der Waals surface area contributed by atoms with Gasteiger partial charge in [0.25, 0.3) is 0 Å². The van der Waals surface area contributed by atoms with E-state index in [1.807, 2.05) is 0 Å². The summed E-state index contributed by atoms with van der Waals surface area (Å²) >= 11 is 4.85. The third-order valence-corrected chi connectivity index (χ3v) is 1.86. The number of nitrogens with one attached hydrogen (secondary N) is 1. The molecule has 1 heterocycles. The molecule has 1 radical (unpaired) electrons. The van der Waals surface area contributed by atoms with E-state index in [1.165, 1.54) is 25.8 Å². The van der Waals surface area contributed by atoms with Gasteiger partial charge in [-0.3, -0.25) is 0 Å². The Labute approximate surface area is 56.3 Å². The summed E-state index contributed by atoms with van der Waals surface area (Å²) in [4.78, 5) is 0. The topological polar surface area (TPSA) is 12.0 Å². The molecule has 0 aromatic carbocycles. The van der Waals surface area contributed by atoms with Crippen molar-refractivity contribution < 1.29 is 0 Å². The lowest BCUT2D eigenvalue weighted by Gasteiger charge is -2.04. The van der Waals surface area contributed by atoms with Crippen molar-refractivity contribution in [3.63, 3.8) is 0 Å². The monoisotopic (exact) mass is 130 g/mol. The second-order valence-corrected chi connectivity index (χ2v) is 2.69. The van der Waals surface area contributed by atoms with E-state index in [9.17, 15) is 0 Å². The Morgan fingerprint density at radius 1 is 1.62 bits per heavy atom. The molecule has 0 bridgehead atoms. The zero-order valence-corrected chi connectivity index (χ0v) is 5.84. The predicted octanol–water partition coefficient (Wildman–Crippen LogP) is 1.33. The van der Waals surface area contributed by atoms with E-state index in [4.69, 9.17) is 12.6 Å². The first-order chi connectivity index (χ1) is 3.93. The van der Waals surface area contributed by atoms with E-state index in [0.29, 0.717) is 0 Å². The van der Waals surface area contributed by atoms with Crippen LogP contribution in [0.5, 0.6) is 0 Å². The summed E-state index contributed by atoms with van der Waals surface area (Å²) in [5.41, 5.74) is 0. The zero-order chi connectivity index (χ0) is 5.82. The first-order valence-electron chi connectivity index (χ1n) is 3.25. The molecule has 1 rings (SSSR count). The van der Waals surface area contributed by atoms with Gasteiger partial charge in [0.05, 0.1) is 0 Å². The molecule has 0 saturated carbocycles. The van der Waals surface area contributed by atoms with Crippen LogP contribution in [-0.4, -0.2) is 18.3 Å². The molecule has 2 heteroatoms. The Morgan fingerprint density at radius 3 is 3.00 bits per heavy atom. The molecule has 1 fully saturated rings. The molecule has 1 atom stereocenters. The van der Waals surface area contributed by atoms with Crippen LogP contribution < -0.4 is 5.32 Å². The SMILES string of the molecule is [S]CCC1CCCN1. The van der Waals surface area contributed by atoms with Gasteiger partial charge in [-0.1, -0.05) is 12.6 Å². The van der Waals surface area contributed by atoms with Crippen molar-refractivity contribution in [3.8, 4) is 0 Å². The summed E-state index contributed by atoms with van der Waals surface area (Å²) in [5, 5.41) is 3.39. The van der Waals surface area contributed by atoms with Crippen LogP contribution in [0.25, 0.3) is 0 Å². The van der Waals surface area contributed by atoms with Crippen LogP contribution in [0.2, 0.25) is 0 Å². The highest BCUT2D eigenvalue weighted by Crippen LogP contribution is 2.08. The number of rotatable bonds is 2. The summed E-state index contributed by atoms with van der Waals surface area (Å²) in [5.74, 6) is 0.914. The fourth-order valence-electron chi connectivity index (χ4n) is 1.15. The highest BCUT2D eigenvalue weighted by molar-refractivity contribution is 7.80. The van der Waals surface area contributed by atoms with Crippen molar-refractivity contribution >= 4 is 12.6 Å². The van der Waals surface area contributed by atoms with Crippen molar-refractivity contribution in [2.45, 2.75) is 25.3 Å². The van der Waals surface area contributed by atoms with Crippen molar-refractivity contribution in [1.82, 2.24) is 5.32 Å². The average molecular weight is 130 g/mol. The molecule has 1 saturated heterocycles. The molecule has 0 spiro atoms. The van der Waals surface area contributed by atoms with Gasteiger partial charge in [0.1, 0.15) is 0 Å². The molecule has 0 amide bonds.